The van der Waals surface area contributed by atoms with Crippen LogP contribution in [-0.4, -0.2) is 25.0 Å². The average Bonchev–Trinajstić information content (AvgIpc) is 3.54. The van der Waals surface area contributed by atoms with Crippen LogP contribution >= 0.6 is 0 Å². The fourth-order valence-corrected chi connectivity index (χ4v) is 5.26. The summed E-state index contributed by atoms with van der Waals surface area (Å²) in [6, 6.07) is 34.0. The maximum atomic E-state index is 6.34. The molecule has 0 amide bonds. The molecule has 0 aliphatic rings. The molecule has 4 aromatic carbocycles. The van der Waals surface area contributed by atoms with E-state index in [-0.39, 0.29) is 0 Å². The normalized spacial score (nSPS) is 11.9. The zero-order chi connectivity index (χ0) is 21.2. The van der Waals surface area contributed by atoms with Gasteiger partial charge in [0.25, 0.3) is 0 Å². The first-order chi connectivity index (χ1) is 15.8. The van der Waals surface area contributed by atoms with Gasteiger partial charge in [0.1, 0.15) is 11.5 Å². The lowest BCUT2D eigenvalue weighted by Crippen LogP contribution is -1.89. The number of hydrogen-bond donors (Lipinski definition) is 1. The Morgan fingerprint density at radius 2 is 1.19 bits per heavy atom. The first-order valence-corrected chi connectivity index (χ1v) is 11.2. The summed E-state index contributed by atoms with van der Waals surface area (Å²) >= 11 is 2.82. The molecule has 2 radical (unpaired) electrons. The number of nitrogens with zero attached hydrogens (tertiary/aromatic N) is 1. The van der Waals surface area contributed by atoms with Crippen LogP contribution in [0.4, 0.5) is 0 Å². The van der Waals surface area contributed by atoms with Crippen molar-refractivity contribution in [2.45, 2.75) is 0 Å². The molecule has 0 fully saturated rings. The van der Waals surface area contributed by atoms with Crippen molar-refractivity contribution in [2.75, 3.05) is 0 Å². The minimum absolute atomic E-state index is 0.876. The van der Waals surface area contributed by atoms with E-state index in [1.807, 2.05) is 0 Å². The Morgan fingerprint density at radius 3 is 2.03 bits per heavy atom. The fraction of sp³-hybridized carbons (Fsp3) is 0. The highest BCUT2D eigenvalue weighted by atomic mass is 27.1. The Balaban J connectivity index is 1.35. The van der Waals surface area contributed by atoms with Crippen molar-refractivity contribution in [2.24, 2.45) is 0 Å². The van der Waals surface area contributed by atoms with Crippen LogP contribution in [0.3, 0.4) is 0 Å². The summed E-state index contributed by atoms with van der Waals surface area (Å²) in [7, 11) is 0. The molecule has 148 valence electrons. The molecule has 0 unspecified atom stereocenters. The van der Waals surface area contributed by atoms with Gasteiger partial charge < -0.3 is 13.0 Å². The highest BCUT2D eigenvalue weighted by Crippen LogP contribution is 2.35. The van der Waals surface area contributed by atoms with Gasteiger partial charge in [0, 0.05) is 54.7 Å². The maximum absolute atomic E-state index is 6.34. The number of aromatic amines is 1. The first kappa shape index (κ1) is 17.9. The van der Waals surface area contributed by atoms with Gasteiger partial charge in [-0.2, -0.15) is 0 Å². The molecule has 32 heavy (non-hydrogen) atoms. The number of furan rings is 1. The van der Waals surface area contributed by atoms with Crippen molar-refractivity contribution >= 4 is 60.1 Å². The molecule has 0 aliphatic carbocycles. The van der Waals surface area contributed by atoms with E-state index in [0.29, 0.717) is 0 Å². The lowest BCUT2D eigenvalue weighted by Gasteiger charge is -2.02. The Morgan fingerprint density at radius 1 is 0.562 bits per heavy atom. The van der Waals surface area contributed by atoms with Crippen molar-refractivity contribution in [3.63, 3.8) is 0 Å². The van der Waals surface area contributed by atoms with Gasteiger partial charge in [-0.25, -0.2) is 0 Å². The fourth-order valence-electron chi connectivity index (χ4n) is 4.81. The van der Waals surface area contributed by atoms with Gasteiger partial charge >= 0.3 is 16.5 Å². The summed E-state index contributed by atoms with van der Waals surface area (Å²) in [4.78, 5) is 3.49. The molecule has 1 N–H and O–H groups in total. The van der Waals surface area contributed by atoms with Crippen molar-refractivity contribution in [1.82, 2.24) is 8.53 Å². The van der Waals surface area contributed by atoms with Crippen LogP contribution in [-0.2, 0) is 0 Å². The van der Waals surface area contributed by atoms with E-state index in [1.54, 1.807) is 0 Å². The molecule has 0 aliphatic heterocycles. The Bertz CT molecular complexity index is 1800. The predicted octanol–water partition coefficient (Wildman–Crippen LogP) is 7.29. The highest BCUT2D eigenvalue weighted by molar-refractivity contribution is 6.22. The quantitative estimate of drug-likeness (QED) is 0.291. The number of benzene rings is 4. The smallest absolute Gasteiger partial charge is 0.318 e. The van der Waals surface area contributed by atoms with Gasteiger partial charge in [0.05, 0.1) is 0 Å². The van der Waals surface area contributed by atoms with Crippen LogP contribution in [0, 0.1) is 0 Å². The van der Waals surface area contributed by atoms with Crippen LogP contribution in [0.1, 0.15) is 0 Å². The second-order valence-electron chi connectivity index (χ2n) is 8.21. The highest BCUT2D eigenvalue weighted by Gasteiger charge is 2.12. The summed E-state index contributed by atoms with van der Waals surface area (Å²) in [6.07, 6.45) is 0. The Kier molecular flexibility index (Phi) is 3.72. The minimum atomic E-state index is 0.876. The molecule has 3 nitrogen and oxygen atoms in total. The van der Waals surface area contributed by atoms with Gasteiger partial charge in [0.2, 0.25) is 0 Å². The van der Waals surface area contributed by atoms with Crippen molar-refractivity contribution in [3.8, 4) is 22.6 Å². The maximum Gasteiger partial charge on any atom is 0.318 e. The number of hydrogen-bond acceptors (Lipinski definition) is 1. The Hall–Kier alpha value is -3.71. The van der Waals surface area contributed by atoms with Crippen LogP contribution in [0.15, 0.2) is 101 Å². The van der Waals surface area contributed by atoms with Crippen LogP contribution in [0.25, 0.3) is 66.3 Å². The molecule has 3 heterocycles. The summed E-state index contributed by atoms with van der Waals surface area (Å²) in [5.74, 6) is 1.75. The van der Waals surface area contributed by atoms with E-state index in [0.717, 1.165) is 33.7 Å². The Labute approximate surface area is 192 Å². The van der Waals surface area contributed by atoms with Crippen molar-refractivity contribution in [1.29, 1.82) is 0 Å². The molecule has 7 rings (SSSR count). The first-order valence-electron chi connectivity index (χ1n) is 10.7. The summed E-state index contributed by atoms with van der Waals surface area (Å²) in [5.41, 5.74) is 6.85. The van der Waals surface area contributed by atoms with Gasteiger partial charge in [-0.15, -0.1) is 0 Å². The van der Waals surface area contributed by atoms with E-state index >= 15 is 0 Å². The zero-order valence-electron chi connectivity index (χ0n) is 17.2. The molecular formula is C28H17AlN2O. The summed E-state index contributed by atoms with van der Waals surface area (Å²) < 4.78 is 8.50. The number of rotatable bonds is 2. The zero-order valence-corrected chi connectivity index (χ0v) is 18.3. The third kappa shape index (κ3) is 2.55. The number of H-pyrrole nitrogens is 1. The number of aromatic nitrogens is 2. The summed E-state index contributed by atoms with van der Waals surface area (Å²) in [5, 5.41) is 4.92. The second-order valence-corrected chi connectivity index (χ2v) is 8.73. The van der Waals surface area contributed by atoms with E-state index in [4.69, 9.17) is 4.42 Å². The van der Waals surface area contributed by atoms with E-state index in [1.165, 1.54) is 32.6 Å². The number of fused-ring (bicyclic) bond motifs is 6. The van der Waals surface area contributed by atoms with Gasteiger partial charge in [0.15, 0.2) is 0 Å². The number of nitrogens with one attached hydrogen (secondary N) is 1. The predicted molar refractivity (Wildman–Crippen MR) is 133 cm³/mol. The molecule has 3 aromatic heterocycles. The molecule has 4 heteroatoms. The SMILES string of the molecule is [Al][n]1c2ccccc2c2cc(-c3ccc(-c4ccc5[nH]c6ccccc6c5c4)o3)ccc21. The van der Waals surface area contributed by atoms with Crippen LogP contribution in [0.2, 0.25) is 0 Å². The van der Waals surface area contributed by atoms with Crippen molar-refractivity contribution < 1.29 is 4.42 Å². The standard InChI is InChI=1S/C28H17N2O.Al/c1-3-7-23-19(5-1)21-15-17(9-11-25(21)29-23)27-13-14-28(31-27)18-10-12-26-22(16-18)20-6-2-4-8-24(20)30-26;/h1-16,29H;/q-1;+1. The van der Waals surface area contributed by atoms with E-state index < -0.39 is 0 Å². The molecule has 0 saturated carbocycles. The van der Waals surface area contributed by atoms with Crippen LogP contribution in [0.5, 0.6) is 0 Å². The topological polar surface area (TPSA) is 33.9 Å². The summed E-state index contributed by atoms with van der Waals surface area (Å²) in [6.45, 7) is 0. The lowest BCUT2D eigenvalue weighted by atomic mass is 10.1. The second kappa shape index (κ2) is 6.64. The molecule has 0 saturated heterocycles. The van der Waals surface area contributed by atoms with Crippen molar-refractivity contribution in [3.05, 3.63) is 97.1 Å². The molecule has 0 spiro atoms. The minimum Gasteiger partial charge on any atom is -0.456 e. The monoisotopic (exact) mass is 424 g/mol. The van der Waals surface area contributed by atoms with E-state index in [9.17, 15) is 0 Å². The average molecular weight is 424 g/mol. The third-order valence-electron chi connectivity index (χ3n) is 6.39. The number of para-hydroxylation sites is 2. The molecular weight excluding hydrogens is 407 g/mol. The molecule has 7 aromatic rings. The molecule has 0 bridgehead atoms. The molecule has 0 atom stereocenters. The van der Waals surface area contributed by atoms with Gasteiger partial charge in [-0.05, 0) is 60.7 Å². The van der Waals surface area contributed by atoms with E-state index in [2.05, 4.69) is 122 Å². The van der Waals surface area contributed by atoms with Gasteiger partial charge in [-0.3, -0.25) is 0 Å². The van der Waals surface area contributed by atoms with Gasteiger partial charge in [-0.1, -0.05) is 36.4 Å². The van der Waals surface area contributed by atoms with Crippen LogP contribution < -0.4 is 0 Å². The largest absolute Gasteiger partial charge is 0.456 e. The lowest BCUT2D eigenvalue weighted by molar-refractivity contribution is 0.597. The third-order valence-corrected chi connectivity index (χ3v) is 6.95.